The number of primary amides is 1. The summed E-state index contributed by atoms with van der Waals surface area (Å²) in [6.45, 7) is 4.29. The van der Waals surface area contributed by atoms with Gasteiger partial charge in [-0.2, -0.15) is 0 Å². The molecule has 0 aromatic carbocycles. The number of anilines is 2. The van der Waals surface area contributed by atoms with Gasteiger partial charge in [0.25, 0.3) is 5.91 Å². The average molecular weight is 275 g/mol. The molecule has 0 saturated carbocycles. The molecule has 2 saturated heterocycles. The topological polar surface area (TPSA) is 88.5 Å². The summed E-state index contributed by atoms with van der Waals surface area (Å²) in [4.78, 5) is 20.6. The van der Waals surface area contributed by atoms with E-state index in [2.05, 4.69) is 14.8 Å². The van der Waals surface area contributed by atoms with E-state index in [9.17, 15) is 4.79 Å². The molecule has 20 heavy (non-hydrogen) atoms. The molecule has 1 atom stereocenters. The molecular formula is C14H21N5O. The second-order valence-corrected chi connectivity index (χ2v) is 5.63. The van der Waals surface area contributed by atoms with Crippen molar-refractivity contribution in [2.75, 3.05) is 36.8 Å². The highest BCUT2D eigenvalue weighted by Crippen LogP contribution is 2.25. The van der Waals surface area contributed by atoms with Crippen LogP contribution in [0.5, 0.6) is 0 Å². The van der Waals surface area contributed by atoms with Crippen LogP contribution >= 0.6 is 0 Å². The second kappa shape index (κ2) is 5.28. The molecule has 1 aromatic heterocycles. The Hall–Kier alpha value is -1.82. The predicted molar refractivity (Wildman–Crippen MR) is 78.6 cm³/mol. The molecule has 1 unspecified atom stereocenters. The lowest BCUT2D eigenvalue weighted by atomic mass is 10.2. The van der Waals surface area contributed by atoms with E-state index in [-0.39, 0.29) is 0 Å². The number of nitrogen functional groups attached to an aromatic ring is 1. The molecule has 4 N–H and O–H groups in total. The number of fused-ring (bicyclic) bond motifs is 1. The minimum Gasteiger partial charge on any atom is -0.397 e. The highest BCUT2D eigenvalue weighted by atomic mass is 16.1. The summed E-state index contributed by atoms with van der Waals surface area (Å²) in [5, 5.41) is 0. The fourth-order valence-corrected chi connectivity index (χ4v) is 3.26. The van der Waals surface area contributed by atoms with Crippen molar-refractivity contribution in [2.45, 2.75) is 25.3 Å². The van der Waals surface area contributed by atoms with Crippen LogP contribution in [0.3, 0.4) is 0 Å². The van der Waals surface area contributed by atoms with Gasteiger partial charge in [-0.05, 0) is 31.9 Å². The van der Waals surface area contributed by atoms with Crippen molar-refractivity contribution in [2.24, 2.45) is 5.73 Å². The van der Waals surface area contributed by atoms with Crippen LogP contribution in [-0.2, 0) is 0 Å². The van der Waals surface area contributed by atoms with E-state index in [0.717, 1.165) is 31.9 Å². The Morgan fingerprint density at radius 2 is 2.10 bits per heavy atom. The van der Waals surface area contributed by atoms with Crippen molar-refractivity contribution in [3.63, 3.8) is 0 Å². The van der Waals surface area contributed by atoms with Crippen LogP contribution in [0.2, 0.25) is 0 Å². The van der Waals surface area contributed by atoms with Crippen molar-refractivity contribution < 1.29 is 4.79 Å². The van der Waals surface area contributed by atoms with Crippen LogP contribution in [0.25, 0.3) is 0 Å². The summed E-state index contributed by atoms with van der Waals surface area (Å²) in [7, 11) is 0. The Morgan fingerprint density at radius 1 is 1.30 bits per heavy atom. The smallest absolute Gasteiger partial charge is 0.250 e. The van der Waals surface area contributed by atoms with Gasteiger partial charge in [0.2, 0.25) is 0 Å². The van der Waals surface area contributed by atoms with Gasteiger partial charge in [-0.3, -0.25) is 9.69 Å². The standard InChI is InChI=1S/C14H21N5O/c15-12-8-17-13(7-11(12)14(16)20)19-6-2-5-18-4-1-3-10(18)9-19/h7-8,10H,1-6,9,15H2,(H2,16,20). The number of pyridine rings is 1. The number of nitrogens with zero attached hydrogens (tertiary/aromatic N) is 3. The number of hydrogen-bond donors (Lipinski definition) is 2. The Labute approximate surface area is 118 Å². The molecule has 3 heterocycles. The summed E-state index contributed by atoms with van der Waals surface area (Å²) in [5.74, 6) is 0.310. The predicted octanol–water partition coefficient (Wildman–Crippen LogP) is 0.437. The van der Waals surface area contributed by atoms with Gasteiger partial charge in [-0.1, -0.05) is 0 Å². The van der Waals surface area contributed by atoms with Crippen LogP contribution in [0.15, 0.2) is 12.3 Å². The minimum absolute atomic E-state index is 0.346. The molecular weight excluding hydrogens is 254 g/mol. The van der Waals surface area contributed by atoms with Gasteiger partial charge in [0.05, 0.1) is 17.4 Å². The van der Waals surface area contributed by atoms with Crippen molar-refractivity contribution in [3.05, 3.63) is 17.8 Å². The lowest BCUT2D eigenvalue weighted by Crippen LogP contribution is -2.37. The first-order valence-corrected chi connectivity index (χ1v) is 7.19. The SMILES string of the molecule is NC(=O)c1cc(N2CCCN3CCCC3C2)ncc1N. The Balaban J connectivity index is 1.84. The zero-order chi connectivity index (χ0) is 14.1. The molecule has 0 aliphatic carbocycles. The van der Waals surface area contributed by atoms with Crippen LogP contribution in [0.4, 0.5) is 11.5 Å². The number of hydrogen-bond acceptors (Lipinski definition) is 5. The van der Waals surface area contributed by atoms with Crippen molar-refractivity contribution in [1.29, 1.82) is 0 Å². The van der Waals surface area contributed by atoms with Gasteiger partial charge in [0, 0.05) is 25.7 Å². The molecule has 2 fully saturated rings. The molecule has 6 heteroatoms. The summed E-state index contributed by atoms with van der Waals surface area (Å²) in [6, 6.07) is 2.33. The van der Waals surface area contributed by atoms with Crippen molar-refractivity contribution >= 4 is 17.4 Å². The molecule has 2 aliphatic rings. The number of nitrogens with two attached hydrogens (primary N) is 2. The summed E-state index contributed by atoms with van der Waals surface area (Å²) < 4.78 is 0. The molecule has 0 bridgehead atoms. The van der Waals surface area contributed by atoms with E-state index < -0.39 is 5.91 Å². The van der Waals surface area contributed by atoms with E-state index in [1.54, 1.807) is 6.07 Å². The summed E-state index contributed by atoms with van der Waals surface area (Å²) in [6.07, 6.45) is 5.18. The zero-order valence-electron chi connectivity index (χ0n) is 11.6. The van der Waals surface area contributed by atoms with Crippen molar-refractivity contribution in [1.82, 2.24) is 9.88 Å². The Bertz CT molecular complexity index is 518. The van der Waals surface area contributed by atoms with Gasteiger partial charge in [0.15, 0.2) is 0 Å². The number of carbonyl (C=O) groups excluding carboxylic acids is 1. The van der Waals surface area contributed by atoms with E-state index in [1.807, 2.05) is 0 Å². The third-order valence-corrected chi connectivity index (χ3v) is 4.31. The van der Waals surface area contributed by atoms with E-state index >= 15 is 0 Å². The van der Waals surface area contributed by atoms with E-state index in [4.69, 9.17) is 11.5 Å². The van der Waals surface area contributed by atoms with Gasteiger partial charge in [-0.15, -0.1) is 0 Å². The Kier molecular flexibility index (Phi) is 3.48. The monoisotopic (exact) mass is 275 g/mol. The van der Waals surface area contributed by atoms with E-state index in [1.165, 1.54) is 25.6 Å². The first kappa shape index (κ1) is 13.2. The number of rotatable bonds is 2. The van der Waals surface area contributed by atoms with Crippen LogP contribution < -0.4 is 16.4 Å². The number of carbonyl (C=O) groups is 1. The molecule has 2 aliphatic heterocycles. The van der Waals surface area contributed by atoms with Gasteiger partial charge in [0.1, 0.15) is 5.82 Å². The summed E-state index contributed by atoms with van der Waals surface area (Å²) in [5.41, 5.74) is 11.8. The number of aromatic nitrogens is 1. The quantitative estimate of drug-likeness (QED) is 0.817. The lowest BCUT2D eigenvalue weighted by molar-refractivity contribution is 0.100. The summed E-state index contributed by atoms with van der Waals surface area (Å²) >= 11 is 0. The highest BCUT2D eigenvalue weighted by molar-refractivity contribution is 5.98. The maximum Gasteiger partial charge on any atom is 0.250 e. The number of amides is 1. The molecule has 108 valence electrons. The molecule has 1 aromatic rings. The third-order valence-electron chi connectivity index (χ3n) is 4.31. The third kappa shape index (κ3) is 2.43. The maximum atomic E-state index is 11.4. The van der Waals surface area contributed by atoms with Crippen LogP contribution in [0.1, 0.15) is 29.6 Å². The van der Waals surface area contributed by atoms with Crippen LogP contribution in [-0.4, -0.2) is 48.0 Å². The fraction of sp³-hybridized carbons (Fsp3) is 0.571. The highest BCUT2D eigenvalue weighted by Gasteiger charge is 2.29. The largest absolute Gasteiger partial charge is 0.397 e. The minimum atomic E-state index is -0.497. The first-order valence-electron chi connectivity index (χ1n) is 7.19. The van der Waals surface area contributed by atoms with Gasteiger partial charge >= 0.3 is 0 Å². The Morgan fingerprint density at radius 3 is 2.90 bits per heavy atom. The first-order chi connectivity index (χ1) is 9.65. The van der Waals surface area contributed by atoms with Gasteiger partial charge in [-0.25, -0.2) is 4.98 Å². The zero-order valence-corrected chi connectivity index (χ0v) is 11.6. The molecule has 6 nitrogen and oxygen atoms in total. The second-order valence-electron chi connectivity index (χ2n) is 5.63. The molecule has 1 amide bonds. The lowest BCUT2D eigenvalue weighted by Gasteiger charge is -2.26. The van der Waals surface area contributed by atoms with Gasteiger partial charge < -0.3 is 16.4 Å². The fourth-order valence-electron chi connectivity index (χ4n) is 3.26. The maximum absolute atomic E-state index is 11.4. The molecule has 0 radical (unpaired) electrons. The van der Waals surface area contributed by atoms with E-state index in [0.29, 0.717) is 17.3 Å². The molecule has 3 rings (SSSR count). The molecule has 0 spiro atoms. The normalized spacial score (nSPS) is 23.4. The van der Waals surface area contributed by atoms with Crippen LogP contribution in [0, 0.1) is 0 Å². The van der Waals surface area contributed by atoms with Crippen molar-refractivity contribution in [3.8, 4) is 0 Å². The average Bonchev–Trinajstić information content (AvgIpc) is 2.76.